The molecular weight excluding hydrogens is 361 g/mol. The van der Waals surface area contributed by atoms with E-state index in [1.807, 2.05) is 6.07 Å². The van der Waals surface area contributed by atoms with E-state index in [0.29, 0.717) is 21.2 Å². The number of benzene rings is 2. The zero-order valence-electron chi connectivity index (χ0n) is 7.98. The third-order valence-corrected chi connectivity index (χ3v) is 3.46. The smallest absolute Gasteiger partial charge is 0.132 e. The fourth-order valence-electron chi connectivity index (χ4n) is 1.45. The molecule has 0 atom stereocenters. The Bertz CT molecular complexity index is 520. The summed E-state index contributed by atoms with van der Waals surface area (Å²) in [7, 11) is 0. The average molecular weight is 367 g/mol. The fourth-order valence-corrected chi connectivity index (χ4v) is 2.66. The van der Waals surface area contributed by atoms with Gasteiger partial charge in [-0.1, -0.05) is 35.3 Å². The molecule has 16 heavy (non-hydrogen) atoms. The molecule has 0 bridgehead atoms. The van der Waals surface area contributed by atoms with Crippen LogP contribution >= 0.6 is 45.8 Å². The van der Waals surface area contributed by atoms with Gasteiger partial charge in [0.2, 0.25) is 0 Å². The quantitative estimate of drug-likeness (QED) is 0.592. The van der Waals surface area contributed by atoms with Crippen LogP contribution < -0.4 is 0 Å². The molecule has 0 N–H and O–H groups in total. The SMILES string of the molecule is Fc1cccc(Cl)c1-c1ccc(I)cc1Cl. The number of hydrogen-bond donors (Lipinski definition) is 0. The van der Waals surface area contributed by atoms with Crippen LogP contribution in [-0.4, -0.2) is 0 Å². The van der Waals surface area contributed by atoms with Crippen molar-refractivity contribution in [2.75, 3.05) is 0 Å². The second kappa shape index (κ2) is 4.90. The summed E-state index contributed by atoms with van der Waals surface area (Å²) in [5.74, 6) is -0.365. The van der Waals surface area contributed by atoms with Gasteiger partial charge in [0.05, 0.1) is 5.02 Å². The van der Waals surface area contributed by atoms with Gasteiger partial charge in [-0.05, 0) is 46.9 Å². The highest BCUT2D eigenvalue weighted by Gasteiger charge is 2.12. The van der Waals surface area contributed by atoms with Crippen LogP contribution in [0.5, 0.6) is 0 Å². The lowest BCUT2D eigenvalue weighted by Crippen LogP contribution is -1.87. The third kappa shape index (κ3) is 2.34. The Morgan fingerprint density at radius 3 is 2.38 bits per heavy atom. The van der Waals surface area contributed by atoms with Gasteiger partial charge in [0.1, 0.15) is 5.82 Å². The average Bonchev–Trinajstić information content (AvgIpc) is 2.20. The molecule has 0 unspecified atom stereocenters. The molecule has 82 valence electrons. The first-order chi connectivity index (χ1) is 7.59. The Hall–Kier alpha value is -0.320. The molecule has 4 heteroatoms. The molecule has 0 amide bonds. The van der Waals surface area contributed by atoms with Crippen LogP contribution in [0.25, 0.3) is 11.1 Å². The van der Waals surface area contributed by atoms with Crippen molar-refractivity contribution >= 4 is 45.8 Å². The van der Waals surface area contributed by atoms with Crippen molar-refractivity contribution in [3.05, 3.63) is 55.8 Å². The van der Waals surface area contributed by atoms with Crippen LogP contribution in [0.4, 0.5) is 4.39 Å². The van der Waals surface area contributed by atoms with E-state index >= 15 is 0 Å². The maximum Gasteiger partial charge on any atom is 0.132 e. The van der Waals surface area contributed by atoms with Gasteiger partial charge >= 0.3 is 0 Å². The number of hydrogen-bond acceptors (Lipinski definition) is 0. The Labute approximate surface area is 117 Å². The molecule has 2 aromatic carbocycles. The molecule has 0 saturated heterocycles. The molecule has 0 saturated carbocycles. The first-order valence-corrected chi connectivity index (χ1v) is 6.32. The minimum atomic E-state index is -0.365. The van der Waals surface area contributed by atoms with E-state index in [2.05, 4.69) is 22.6 Å². The molecule has 0 aliphatic heterocycles. The first kappa shape index (κ1) is 12.1. The summed E-state index contributed by atoms with van der Waals surface area (Å²) >= 11 is 14.2. The van der Waals surface area contributed by atoms with Crippen molar-refractivity contribution in [3.8, 4) is 11.1 Å². The van der Waals surface area contributed by atoms with Crippen molar-refractivity contribution in [3.63, 3.8) is 0 Å². The van der Waals surface area contributed by atoms with Gasteiger partial charge in [0.15, 0.2) is 0 Å². The maximum atomic E-state index is 13.7. The molecule has 0 aromatic heterocycles. The fraction of sp³-hybridized carbons (Fsp3) is 0. The van der Waals surface area contributed by atoms with Gasteiger partial charge in [-0.25, -0.2) is 4.39 Å². The van der Waals surface area contributed by atoms with E-state index in [0.717, 1.165) is 3.57 Å². The zero-order chi connectivity index (χ0) is 11.7. The monoisotopic (exact) mass is 366 g/mol. The molecule has 0 nitrogen and oxygen atoms in total. The predicted octanol–water partition coefficient (Wildman–Crippen LogP) is 5.40. The van der Waals surface area contributed by atoms with Crippen molar-refractivity contribution in [2.45, 2.75) is 0 Å². The van der Waals surface area contributed by atoms with Gasteiger partial charge < -0.3 is 0 Å². The summed E-state index contributed by atoms with van der Waals surface area (Å²) < 4.78 is 14.7. The van der Waals surface area contributed by atoms with Crippen LogP contribution in [0.2, 0.25) is 10.0 Å². The van der Waals surface area contributed by atoms with Crippen molar-refractivity contribution < 1.29 is 4.39 Å². The topological polar surface area (TPSA) is 0 Å². The Morgan fingerprint density at radius 1 is 1.00 bits per heavy atom. The molecule has 0 fully saturated rings. The van der Waals surface area contributed by atoms with Gasteiger partial charge in [-0.15, -0.1) is 0 Å². The van der Waals surface area contributed by atoms with Crippen LogP contribution in [-0.2, 0) is 0 Å². The largest absolute Gasteiger partial charge is 0.206 e. The molecule has 0 spiro atoms. The third-order valence-electron chi connectivity index (χ3n) is 2.16. The second-order valence-corrected chi connectivity index (χ2v) is 5.28. The standard InChI is InChI=1S/C12H6Cl2FI/c13-9-2-1-3-11(15)12(9)8-5-4-7(16)6-10(8)14/h1-6H. The number of halogens is 4. The molecule has 0 heterocycles. The van der Waals surface area contributed by atoms with Crippen LogP contribution in [0.3, 0.4) is 0 Å². The Balaban J connectivity index is 2.68. The minimum Gasteiger partial charge on any atom is -0.206 e. The van der Waals surface area contributed by atoms with Gasteiger partial charge in [-0.2, -0.15) is 0 Å². The highest BCUT2D eigenvalue weighted by atomic mass is 127. The lowest BCUT2D eigenvalue weighted by Gasteiger charge is -2.08. The molecule has 2 rings (SSSR count). The first-order valence-electron chi connectivity index (χ1n) is 4.49. The van der Waals surface area contributed by atoms with E-state index in [1.165, 1.54) is 6.07 Å². The lowest BCUT2D eigenvalue weighted by molar-refractivity contribution is 0.631. The van der Waals surface area contributed by atoms with Crippen molar-refractivity contribution in [2.24, 2.45) is 0 Å². The van der Waals surface area contributed by atoms with Crippen LogP contribution in [0.15, 0.2) is 36.4 Å². The normalized spacial score (nSPS) is 10.5. The summed E-state index contributed by atoms with van der Waals surface area (Å²) in [6, 6.07) is 10.0. The van der Waals surface area contributed by atoms with Gasteiger partial charge in [-0.3, -0.25) is 0 Å². The lowest BCUT2D eigenvalue weighted by atomic mass is 10.1. The van der Waals surface area contributed by atoms with E-state index in [1.54, 1.807) is 24.3 Å². The number of rotatable bonds is 1. The van der Waals surface area contributed by atoms with Gasteiger partial charge in [0.25, 0.3) is 0 Å². The molecular formula is C12H6Cl2FI. The summed E-state index contributed by atoms with van der Waals surface area (Å²) in [5.41, 5.74) is 0.968. The Morgan fingerprint density at radius 2 is 1.75 bits per heavy atom. The summed E-state index contributed by atoms with van der Waals surface area (Å²) in [6.45, 7) is 0. The Kier molecular flexibility index (Phi) is 3.72. The van der Waals surface area contributed by atoms with Gasteiger partial charge in [0, 0.05) is 19.7 Å². The summed E-state index contributed by atoms with van der Waals surface area (Å²) in [4.78, 5) is 0. The molecule has 2 aromatic rings. The van der Waals surface area contributed by atoms with Crippen LogP contribution in [0.1, 0.15) is 0 Å². The zero-order valence-corrected chi connectivity index (χ0v) is 11.6. The molecule has 0 aliphatic rings. The van der Waals surface area contributed by atoms with E-state index in [9.17, 15) is 4.39 Å². The van der Waals surface area contributed by atoms with Crippen molar-refractivity contribution in [1.29, 1.82) is 0 Å². The second-order valence-electron chi connectivity index (χ2n) is 3.22. The maximum absolute atomic E-state index is 13.7. The van der Waals surface area contributed by atoms with Crippen molar-refractivity contribution in [1.82, 2.24) is 0 Å². The van der Waals surface area contributed by atoms with E-state index in [-0.39, 0.29) is 5.82 Å². The highest BCUT2D eigenvalue weighted by Crippen LogP contribution is 2.35. The van der Waals surface area contributed by atoms with E-state index < -0.39 is 0 Å². The van der Waals surface area contributed by atoms with E-state index in [4.69, 9.17) is 23.2 Å². The minimum absolute atomic E-state index is 0.352. The molecule has 0 aliphatic carbocycles. The summed E-state index contributed by atoms with van der Waals surface area (Å²) in [6.07, 6.45) is 0. The van der Waals surface area contributed by atoms with Crippen LogP contribution in [0, 0.1) is 9.39 Å². The predicted molar refractivity (Wildman–Crippen MR) is 74.6 cm³/mol. The highest BCUT2D eigenvalue weighted by molar-refractivity contribution is 14.1. The molecule has 0 radical (unpaired) electrons. The summed E-state index contributed by atoms with van der Waals surface area (Å²) in [5, 5.41) is 0.863.